The van der Waals surface area contributed by atoms with Crippen LogP contribution < -0.4 is 5.32 Å². The van der Waals surface area contributed by atoms with Crippen molar-refractivity contribution in [1.82, 2.24) is 4.31 Å². The summed E-state index contributed by atoms with van der Waals surface area (Å²) in [6.07, 6.45) is 0. The van der Waals surface area contributed by atoms with Crippen molar-refractivity contribution in [3.05, 3.63) is 72.3 Å². The molecule has 0 aromatic heterocycles. The molecule has 5 nitrogen and oxygen atoms in total. The molecular weight excluding hydrogens is 348 g/mol. The summed E-state index contributed by atoms with van der Waals surface area (Å²) in [6.45, 7) is 1.62. The van der Waals surface area contributed by atoms with Crippen LogP contribution in [0.2, 0.25) is 0 Å². The van der Waals surface area contributed by atoms with Crippen molar-refractivity contribution < 1.29 is 13.2 Å². The lowest BCUT2D eigenvalue weighted by molar-refractivity contribution is -0.116. The van der Waals surface area contributed by atoms with Crippen molar-refractivity contribution in [2.75, 3.05) is 18.9 Å². The van der Waals surface area contributed by atoms with Crippen LogP contribution in [0.4, 0.5) is 5.69 Å². The molecule has 0 unspecified atom stereocenters. The zero-order chi connectivity index (χ0) is 18.7. The second-order valence-corrected chi connectivity index (χ2v) is 8.18. The summed E-state index contributed by atoms with van der Waals surface area (Å²) in [5.41, 5.74) is 1.59. The lowest BCUT2D eigenvalue weighted by atomic mass is 10.1. The van der Waals surface area contributed by atoms with Gasteiger partial charge >= 0.3 is 0 Å². The van der Waals surface area contributed by atoms with E-state index in [-0.39, 0.29) is 17.3 Å². The van der Waals surface area contributed by atoms with Gasteiger partial charge in [0.1, 0.15) is 0 Å². The lowest BCUT2D eigenvalue weighted by Gasteiger charge is -2.17. The molecule has 3 aromatic carbocycles. The number of aryl methyl sites for hydroxylation is 1. The Bertz CT molecular complexity index is 1060. The van der Waals surface area contributed by atoms with Crippen LogP contribution in [0.15, 0.2) is 71.6 Å². The summed E-state index contributed by atoms with van der Waals surface area (Å²) in [6, 6.07) is 19.9. The molecule has 0 aliphatic rings. The van der Waals surface area contributed by atoms with Gasteiger partial charge in [-0.2, -0.15) is 4.31 Å². The first-order chi connectivity index (χ1) is 12.4. The Morgan fingerprint density at radius 2 is 1.62 bits per heavy atom. The highest BCUT2D eigenvalue weighted by atomic mass is 32.2. The quantitative estimate of drug-likeness (QED) is 0.750. The van der Waals surface area contributed by atoms with Crippen LogP contribution in [-0.2, 0) is 14.8 Å². The third-order valence-corrected chi connectivity index (χ3v) is 6.01. The maximum Gasteiger partial charge on any atom is 0.243 e. The molecule has 1 N–H and O–H groups in total. The number of nitrogens with one attached hydrogen (secondary N) is 1. The van der Waals surface area contributed by atoms with E-state index in [4.69, 9.17) is 0 Å². The molecule has 3 rings (SSSR count). The molecule has 134 valence electrons. The number of sulfonamides is 1. The number of rotatable bonds is 5. The Morgan fingerprint density at radius 3 is 2.35 bits per heavy atom. The van der Waals surface area contributed by atoms with Crippen LogP contribution in [0.1, 0.15) is 5.56 Å². The minimum absolute atomic E-state index is 0.169. The molecule has 0 saturated heterocycles. The molecule has 0 saturated carbocycles. The summed E-state index contributed by atoms with van der Waals surface area (Å²) in [5.74, 6) is -0.383. The van der Waals surface area contributed by atoms with Crippen LogP contribution in [0.5, 0.6) is 0 Å². The third kappa shape index (κ3) is 3.76. The summed E-state index contributed by atoms with van der Waals surface area (Å²) < 4.78 is 26.6. The zero-order valence-electron chi connectivity index (χ0n) is 14.6. The Balaban J connectivity index is 1.77. The minimum Gasteiger partial charge on any atom is -0.325 e. The molecular formula is C20H20N2O3S. The van der Waals surface area contributed by atoms with Crippen molar-refractivity contribution in [3.63, 3.8) is 0 Å². The van der Waals surface area contributed by atoms with E-state index in [9.17, 15) is 13.2 Å². The Hall–Kier alpha value is -2.70. The number of fused-ring (bicyclic) bond motifs is 1. The largest absolute Gasteiger partial charge is 0.325 e. The van der Waals surface area contributed by atoms with Gasteiger partial charge in [0.05, 0.1) is 11.4 Å². The van der Waals surface area contributed by atoms with Gasteiger partial charge in [-0.3, -0.25) is 4.79 Å². The van der Waals surface area contributed by atoms with Gasteiger partial charge in [0, 0.05) is 12.7 Å². The minimum atomic E-state index is -3.76. The summed E-state index contributed by atoms with van der Waals surface area (Å²) in [7, 11) is -2.35. The topological polar surface area (TPSA) is 66.5 Å². The van der Waals surface area contributed by atoms with E-state index in [0.717, 1.165) is 20.6 Å². The molecule has 26 heavy (non-hydrogen) atoms. The maximum atomic E-state index is 12.8. The first-order valence-corrected chi connectivity index (χ1v) is 9.62. The Morgan fingerprint density at radius 1 is 0.962 bits per heavy atom. The average Bonchev–Trinajstić information content (AvgIpc) is 2.63. The number of amides is 1. The van der Waals surface area contributed by atoms with E-state index < -0.39 is 10.0 Å². The molecule has 0 aliphatic heterocycles. The van der Waals surface area contributed by atoms with Gasteiger partial charge in [-0.15, -0.1) is 0 Å². The predicted molar refractivity (Wildman–Crippen MR) is 104 cm³/mol. The fraction of sp³-hybridized carbons (Fsp3) is 0.150. The predicted octanol–water partition coefficient (Wildman–Crippen LogP) is 3.41. The molecule has 0 atom stereocenters. The lowest BCUT2D eigenvalue weighted by Crippen LogP contribution is -2.35. The van der Waals surface area contributed by atoms with Gasteiger partial charge in [-0.1, -0.05) is 48.5 Å². The van der Waals surface area contributed by atoms with Gasteiger partial charge in [-0.05, 0) is 41.5 Å². The smallest absolute Gasteiger partial charge is 0.243 e. The molecule has 0 spiro atoms. The number of para-hydroxylation sites is 1. The van der Waals surface area contributed by atoms with Gasteiger partial charge in [0.25, 0.3) is 0 Å². The fourth-order valence-corrected chi connectivity index (χ4v) is 3.86. The second-order valence-electron chi connectivity index (χ2n) is 6.13. The van der Waals surface area contributed by atoms with Crippen molar-refractivity contribution in [2.45, 2.75) is 11.8 Å². The zero-order valence-corrected chi connectivity index (χ0v) is 15.5. The molecule has 1 amide bonds. The van der Waals surface area contributed by atoms with E-state index in [0.29, 0.717) is 5.69 Å². The number of nitrogens with zero attached hydrogens (tertiary/aromatic N) is 1. The number of likely N-dealkylation sites (N-methyl/N-ethyl adjacent to an activating group) is 1. The van der Waals surface area contributed by atoms with Gasteiger partial charge in [-0.25, -0.2) is 8.42 Å². The van der Waals surface area contributed by atoms with Crippen molar-refractivity contribution in [2.24, 2.45) is 0 Å². The van der Waals surface area contributed by atoms with Gasteiger partial charge in [0.15, 0.2) is 0 Å². The van der Waals surface area contributed by atoms with E-state index in [1.165, 1.54) is 7.05 Å². The van der Waals surface area contributed by atoms with E-state index >= 15 is 0 Å². The van der Waals surface area contributed by atoms with Crippen LogP contribution in [-0.4, -0.2) is 32.2 Å². The number of carbonyl (C=O) groups excluding carboxylic acids is 1. The first kappa shape index (κ1) is 18.1. The Kier molecular flexibility index (Phi) is 5.06. The van der Waals surface area contributed by atoms with E-state index in [1.54, 1.807) is 24.3 Å². The third-order valence-electron chi connectivity index (χ3n) is 4.21. The van der Waals surface area contributed by atoms with E-state index in [2.05, 4.69) is 5.32 Å². The standard InChI is InChI=1S/C20H20N2O3S/c1-15-7-3-6-10-19(15)21-20(23)14-22(2)26(24,25)18-12-11-16-8-4-5-9-17(16)13-18/h3-13H,14H2,1-2H3,(H,21,23). The summed E-state index contributed by atoms with van der Waals surface area (Å²) in [5, 5.41) is 4.55. The summed E-state index contributed by atoms with van der Waals surface area (Å²) in [4.78, 5) is 12.4. The van der Waals surface area contributed by atoms with E-state index in [1.807, 2.05) is 49.4 Å². The first-order valence-electron chi connectivity index (χ1n) is 8.18. The Labute approximate surface area is 153 Å². The molecule has 6 heteroatoms. The van der Waals surface area contributed by atoms with Crippen LogP contribution >= 0.6 is 0 Å². The molecule has 0 radical (unpaired) electrons. The summed E-state index contributed by atoms with van der Waals surface area (Å²) >= 11 is 0. The number of hydrogen-bond acceptors (Lipinski definition) is 3. The second kappa shape index (κ2) is 7.27. The normalized spacial score (nSPS) is 11.7. The molecule has 0 bridgehead atoms. The fourth-order valence-electron chi connectivity index (χ4n) is 2.70. The van der Waals surface area contributed by atoms with Gasteiger partial charge in [0.2, 0.25) is 15.9 Å². The van der Waals surface area contributed by atoms with Crippen molar-refractivity contribution in [3.8, 4) is 0 Å². The van der Waals surface area contributed by atoms with Crippen molar-refractivity contribution >= 4 is 32.4 Å². The van der Waals surface area contributed by atoms with Crippen LogP contribution in [0.3, 0.4) is 0 Å². The van der Waals surface area contributed by atoms with Crippen LogP contribution in [0, 0.1) is 6.92 Å². The monoisotopic (exact) mass is 368 g/mol. The molecule has 0 heterocycles. The molecule has 0 fully saturated rings. The molecule has 3 aromatic rings. The van der Waals surface area contributed by atoms with Crippen molar-refractivity contribution in [1.29, 1.82) is 0 Å². The SMILES string of the molecule is Cc1ccccc1NC(=O)CN(C)S(=O)(=O)c1ccc2ccccc2c1. The highest BCUT2D eigenvalue weighted by molar-refractivity contribution is 7.89. The molecule has 0 aliphatic carbocycles. The highest BCUT2D eigenvalue weighted by Gasteiger charge is 2.23. The number of anilines is 1. The van der Waals surface area contributed by atoms with Gasteiger partial charge < -0.3 is 5.32 Å². The number of benzene rings is 3. The number of carbonyl (C=O) groups is 1. The average molecular weight is 368 g/mol. The highest BCUT2D eigenvalue weighted by Crippen LogP contribution is 2.21. The maximum absolute atomic E-state index is 12.8. The van der Waals surface area contributed by atoms with Crippen LogP contribution in [0.25, 0.3) is 10.8 Å². The number of hydrogen-bond donors (Lipinski definition) is 1.